The number of hydrogen-bond donors (Lipinski definition) is 2. The van der Waals surface area contributed by atoms with Crippen LogP contribution in [-0.2, 0) is 4.79 Å². The molecule has 1 aromatic heterocycles. The summed E-state index contributed by atoms with van der Waals surface area (Å²) in [6.07, 6.45) is 2.69. The first-order chi connectivity index (χ1) is 13.3. The van der Waals surface area contributed by atoms with Gasteiger partial charge in [-0.15, -0.1) is 11.3 Å². The van der Waals surface area contributed by atoms with Gasteiger partial charge in [0.25, 0.3) is 5.91 Å². The molecule has 4 nitrogen and oxygen atoms in total. The van der Waals surface area contributed by atoms with E-state index in [9.17, 15) is 22.8 Å². The van der Waals surface area contributed by atoms with E-state index in [-0.39, 0.29) is 11.5 Å². The van der Waals surface area contributed by atoms with Crippen LogP contribution in [0.1, 0.15) is 15.2 Å². The molecule has 0 unspecified atom stereocenters. The van der Waals surface area contributed by atoms with Crippen molar-refractivity contribution in [3.8, 4) is 10.4 Å². The summed E-state index contributed by atoms with van der Waals surface area (Å²) >= 11 is 1.38. The molecular formula is C20H13F3N2O2S. The number of thiophene rings is 1. The summed E-state index contributed by atoms with van der Waals surface area (Å²) < 4.78 is 40.2. The van der Waals surface area contributed by atoms with Gasteiger partial charge in [-0.1, -0.05) is 12.1 Å². The molecule has 3 rings (SSSR count). The molecule has 0 aliphatic heterocycles. The maximum absolute atomic E-state index is 13.8. The topological polar surface area (TPSA) is 72.2 Å². The minimum Gasteiger partial charge on any atom is -0.366 e. The van der Waals surface area contributed by atoms with E-state index in [0.29, 0.717) is 6.07 Å². The Morgan fingerprint density at radius 2 is 1.68 bits per heavy atom. The monoisotopic (exact) mass is 402 g/mol. The van der Waals surface area contributed by atoms with Gasteiger partial charge in [0.1, 0.15) is 17.5 Å². The molecule has 0 bridgehead atoms. The predicted octanol–water partition coefficient (Wildman–Crippen LogP) is 4.58. The Labute approximate surface area is 162 Å². The van der Waals surface area contributed by atoms with Crippen LogP contribution in [0.3, 0.4) is 0 Å². The molecule has 2 aromatic carbocycles. The van der Waals surface area contributed by atoms with Gasteiger partial charge in [-0.05, 0) is 42.0 Å². The molecule has 0 radical (unpaired) electrons. The van der Waals surface area contributed by atoms with Gasteiger partial charge >= 0.3 is 0 Å². The first-order valence-corrected chi connectivity index (χ1v) is 8.79. The highest BCUT2D eigenvalue weighted by Crippen LogP contribution is 2.29. The van der Waals surface area contributed by atoms with E-state index in [0.717, 1.165) is 21.4 Å². The van der Waals surface area contributed by atoms with E-state index < -0.39 is 29.0 Å². The van der Waals surface area contributed by atoms with Crippen LogP contribution in [-0.4, -0.2) is 11.8 Å². The molecule has 142 valence electrons. The SMILES string of the molecule is NC(=O)c1cc(NC(=O)/C=C/c2ccc(-c3ccc(F)cc3)s2)c(F)cc1F. The van der Waals surface area contributed by atoms with Gasteiger partial charge in [0.15, 0.2) is 0 Å². The van der Waals surface area contributed by atoms with Crippen molar-refractivity contribution < 1.29 is 22.8 Å². The number of hydrogen-bond acceptors (Lipinski definition) is 3. The Bertz CT molecular complexity index is 1080. The highest BCUT2D eigenvalue weighted by Gasteiger charge is 2.14. The van der Waals surface area contributed by atoms with Crippen LogP contribution in [0.15, 0.2) is 54.6 Å². The molecule has 0 aliphatic carbocycles. The van der Waals surface area contributed by atoms with Crippen LogP contribution in [0.25, 0.3) is 16.5 Å². The maximum Gasteiger partial charge on any atom is 0.251 e. The van der Waals surface area contributed by atoms with Gasteiger partial charge in [0.05, 0.1) is 11.3 Å². The zero-order chi connectivity index (χ0) is 20.3. The Morgan fingerprint density at radius 3 is 2.36 bits per heavy atom. The third kappa shape index (κ3) is 4.47. The number of anilines is 1. The molecule has 0 saturated carbocycles. The molecule has 2 amide bonds. The van der Waals surface area contributed by atoms with E-state index in [2.05, 4.69) is 5.32 Å². The average Bonchev–Trinajstić information content (AvgIpc) is 3.11. The zero-order valence-corrected chi connectivity index (χ0v) is 15.0. The summed E-state index contributed by atoms with van der Waals surface area (Å²) in [7, 11) is 0. The van der Waals surface area contributed by atoms with Crippen molar-refractivity contribution in [3.63, 3.8) is 0 Å². The third-order valence-corrected chi connectivity index (χ3v) is 4.83. The number of carbonyl (C=O) groups is 2. The fraction of sp³-hybridized carbons (Fsp3) is 0. The Kier molecular flexibility index (Phi) is 5.60. The highest BCUT2D eigenvalue weighted by molar-refractivity contribution is 7.16. The van der Waals surface area contributed by atoms with E-state index in [1.807, 2.05) is 6.07 Å². The van der Waals surface area contributed by atoms with Gasteiger partial charge in [-0.3, -0.25) is 9.59 Å². The molecule has 0 fully saturated rings. The number of amides is 2. The molecule has 8 heteroatoms. The molecule has 28 heavy (non-hydrogen) atoms. The van der Waals surface area contributed by atoms with Crippen LogP contribution < -0.4 is 11.1 Å². The van der Waals surface area contributed by atoms with Crippen molar-refractivity contribution in [1.82, 2.24) is 0 Å². The lowest BCUT2D eigenvalue weighted by molar-refractivity contribution is -0.111. The minimum atomic E-state index is -1.11. The Balaban J connectivity index is 1.72. The maximum atomic E-state index is 13.8. The second-order valence-corrected chi connectivity index (χ2v) is 6.82. The highest BCUT2D eigenvalue weighted by atomic mass is 32.1. The molecule has 0 atom stereocenters. The number of primary amides is 1. The first-order valence-electron chi connectivity index (χ1n) is 7.97. The standard InChI is InChI=1S/C20H13F3N2O2S/c21-12-3-1-11(2-4-12)18-7-5-13(28-18)6-8-19(26)25-17-9-14(20(24)27)15(22)10-16(17)23/h1-10H,(H2,24,27)(H,25,26)/b8-6+. The molecule has 0 aliphatic rings. The van der Waals surface area contributed by atoms with Gasteiger partial charge in [-0.25, -0.2) is 13.2 Å². The quantitative estimate of drug-likeness (QED) is 0.613. The fourth-order valence-corrected chi connectivity index (χ4v) is 3.29. The predicted molar refractivity (Wildman–Crippen MR) is 102 cm³/mol. The molecule has 3 aromatic rings. The second kappa shape index (κ2) is 8.10. The fourth-order valence-electron chi connectivity index (χ4n) is 2.38. The molecule has 1 heterocycles. The number of benzene rings is 2. The lowest BCUT2D eigenvalue weighted by atomic mass is 10.1. The van der Waals surface area contributed by atoms with Crippen LogP contribution in [0.2, 0.25) is 0 Å². The van der Waals surface area contributed by atoms with Crippen molar-refractivity contribution in [2.45, 2.75) is 0 Å². The minimum absolute atomic E-state index is 0.329. The van der Waals surface area contributed by atoms with Gasteiger partial charge < -0.3 is 11.1 Å². The largest absolute Gasteiger partial charge is 0.366 e. The van der Waals surface area contributed by atoms with Crippen LogP contribution in [0, 0.1) is 17.5 Å². The van der Waals surface area contributed by atoms with E-state index in [1.54, 1.807) is 18.2 Å². The van der Waals surface area contributed by atoms with Crippen LogP contribution in [0.5, 0.6) is 0 Å². The molecular weight excluding hydrogens is 389 g/mol. The number of nitrogens with one attached hydrogen (secondary N) is 1. The van der Waals surface area contributed by atoms with E-state index >= 15 is 0 Å². The summed E-state index contributed by atoms with van der Waals surface area (Å²) in [6, 6.07) is 10.9. The van der Waals surface area contributed by atoms with Crippen LogP contribution >= 0.6 is 11.3 Å². The summed E-state index contributed by atoms with van der Waals surface area (Å²) in [5.41, 5.74) is 4.96. The van der Waals surface area contributed by atoms with E-state index in [1.165, 1.54) is 35.6 Å². The summed E-state index contributed by atoms with van der Waals surface area (Å²) in [6.45, 7) is 0. The number of carbonyl (C=O) groups excluding carboxylic acids is 2. The van der Waals surface area contributed by atoms with Gasteiger partial charge in [0.2, 0.25) is 5.91 Å². The Hall–Kier alpha value is -3.39. The molecule has 0 saturated heterocycles. The van der Waals surface area contributed by atoms with Gasteiger partial charge in [-0.2, -0.15) is 0 Å². The summed E-state index contributed by atoms with van der Waals surface area (Å²) in [4.78, 5) is 24.8. The molecule has 3 N–H and O–H groups in total. The van der Waals surface area contributed by atoms with Crippen molar-refractivity contribution in [2.24, 2.45) is 5.73 Å². The van der Waals surface area contributed by atoms with Crippen molar-refractivity contribution in [1.29, 1.82) is 0 Å². The third-order valence-electron chi connectivity index (χ3n) is 3.73. The van der Waals surface area contributed by atoms with Crippen molar-refractivity contribution >= 4 is 34.9 Å². The normalized spacial score (nSPS) is 11.0. The lowest BCUT2D eigenvalue weighted by Gasteiger charge is -2.06. The smallest absolute Gasteiger partial charge is 0.251 e. The second-order valence-electron chi connectivity index (χ2n) is 5.71. The zero-order valence-electron chi connectivity index (χ0n) is 14.2. The van der Waals surface area contributed by atoms with Gasteiger partial charge in [0, 0.05) is 21.9 Å². The van der Waals surface area contributed by atoms with Crippen molar-refractivity contribution in [2.75, 3.05) is 5.32 Å². The number of halogens is 3. The lowest BCUT2D eigenvalue weighted by Crippen LogP contribution is -2.16. The number of nitrogens with two attached hydrogens (primary N) is 1. The average molecular weight is 402 g/mol. The van der Waals surface area contributed by atoms with Crippen LogP contribution in [0.4, 0.5) is 18.9 Å². The summed E-state index contributed by atoms with van der Waals surface area (Å²) in [5, 5.41) is 2.24. The first kappa shape index (κ1) is 19.4. The summed E-state index contributed by atoms with van der Waals surface area (Å²) in [5.74, 6) is -4.21. The van der Waals surface area contributed by atoms with E-state index in [4.69, 9.17) is 5.73 Å². The number of rotatable bonds is 5. The Morgan fingerprint density at radius 1 is 0.964 bits per heavy atom. The molecule has 0 spiro atoms. The van der Waals surface area contributed by atoms with Crippen molar-refractivity contribution in [3.05, 3.63) is 82.5 Å².